The minimum atomic E-state index is -0.680. The van der Waals surface area contributed by atoms with E-state index in [-0.39, 0.29) is 0 Å². The van der Waals surface area contributed by atoms with E-state index in [1.807, 2.05) is 0 Å². The molecule has 0 spiro atoms. The van der Waals surface area contributed by atoms with Gasteiger partial charge in [0.25, 0.3) is 0 Å². The second kappa shape index (κ2) is 17.5. The lowest BCUT2D eigenvalue weighted by Crippen LogP contribution is -2.16. The van der Waals surface area contributed by atoms with Crippen molar-refractivity contribution in [1.29, 1.82) is 0 Å². The topological polar surface area (TPSA) is 49.3 Å². The van der Waals surface area contributed by atoms with Gasteiger partial charge >= 0.3 is 5.97 Å². The van der Waals surface area contributed by atoms with Crippen molar-refractivity contribution in [2.75, 3.05) is 13.1 Å². The standard InChI is InChI=1S/C18H37NO2/c1-2-3-4-5-6-7-8-9-10-11-13-16-19-17-14-12-15-18(20)21/h19H,2-17H2,1H3,(H,20,21). The molecule has 0 unspecified atom stereocenters. The Kier molecular flexibility index (Phi) is 17.0. The van der Waals surface area contributed by atoms with Crippen LogP contribution in [0.3, 0.4) is 0 Å². The Balaban J connectivity index is 2.95. The van der Waals surface area contributed by atoms with Gasteiger partial charge in [-0.05, 0) is 32.4 Å². The summed E-state index contributed by atoms with van der Waals surface area (Å²) in [5, 5.41) is 11.9. The highest BCUT2D eigenvalue weighted by Gasteiger charge is 1.96. The third-order valence-corrected chi connectivity index (χ3v) is 3.95. The highest BCUT2D eigenvalue weighted by Crippen LogP contribution is 2.10. The summed E-state index contributed by atoms with van der Waals surface area (Å²) in [5.41, 5.74) is 0. The van der Waals surface area contributed by atoms with Gasteiger partial charge in [0.2, 0.25) is 0 Å². The van der Waals surface area contributed by atoms with Crippen molar-refractivity contribution in [1.82, 2.24) is 5.32 Å². The fourth-order valence-electron chi connectivity index (χ4n) is 2.57. The number of hydrogen-bond donors (Lipinski definition) is 2. The first kappa shape index (κ1) is 20.4. The van der Waals surface area contributed by atoms with E-state index in [1.165, 1.54) is 70.6 Å². The van der Waals surface area contributed by atoms with E-state index in [4.69, 9.17) is 5.11 Å². The van der Waals surface area contributed by atoms with Crippen LogP contribution in [-0.2, 0) is 4.79 Å². The molecule has 0 atom stereocenters. The van der Waals surface area contributed by atoms with Crippen LogP contribution >= 0.6 is 0 Å². The van der Waals surface area contributed by atoms with Crippen LogP contribution in [0, 0.1) is 0 Å². The van der Waals surface area contributed by atoms with Gasteiger partial charge in [-0.1, -0.05) is 71.1 Å². The van der Waals surface area contributed by atoms with Crippen molar-refractivity contribution in [2.24, 2.45) is 0 Å². The molecule has 21 heavy (non-hydrogen) atoms. The lowest BCUT2D eigenvalue weighted by molar-refractivity contribution is -0.137. The molecule has 0 fully saturated rings. The first-order valence-electron chi connectivity index (χ1n) is 9.20. The van der Waals surface area contributed by atoms with Gasteiger partial charge in [0.05, 0.1) is 0 Å². The Bertz CT molecular complexity index is 219. The number of nitrogens with one attached hydrogen (secondary N) is 1. The zero-order valence-corrected chi connectivity index (χ0v) is 14.2. The zero-order valence-electron chi connectivity index (χ0n) is 14.2. The molecule has 0 radical (unpaired) electrons. The van der Waals surface area contributed by atoms with Crippen LogP contribution in [0.5, 0.6) is 0 Å². The molecule has 3 heteroatoms. The third-order valence-electron chi connectivity index (χ3n) is 3.95. The monoisotopic (exact) mass is 299 g/mol. The van der Waals surface area contributed by atoms with Gasteiger partial charge < -0.3 is 10.4 Å². The molecule has 0 heterocycles. The van der Waals surface area contributed by atoms with Gasteiger partial charge in [-0.2, -0.15) is 0 Å². The molecule has 0 bridgehead atoms. The summed E-state index contributed by atoms with van der Waals surface area (Å²) in [6.45, 7) is 4.32. The van der Waals surface area contributed by atoms with Crippen LogP contribution < -0.4 is 5.32 Å². The highest BCUT2D eigenvalue weighted by molar-refractivity contribution is 5.66. The highest BCUT2D eigenvalue weighted by atomic mass is 16.4. The molecule has 3 nitrogen and oxygen atoms in total. The molecule has 0 aliphatic carbocycles. The van der Waals surface area contributed by atoms with E-state index in [2.05, 4.69) is 12.2 Å². The van der Waals surface area contributed by atoms with E-state index in [0.29, 0.717) is 6.42 Å². The van der Waals surface area contributed by atoms with E-state index < -0.39 is 5.97 Å². The van der Waals surface area contributed by atoms with Crippen LogP contribution in [0.1, 0.15) is 96.8 Å². The summed E-state index contributed by atoms with van der Waals surface area (Å²) >= 11 is 0. The Morgan fingerprint density at radius 1 is 0.714 bits per heavy atom. The quantitative estimate of drug-likeness (QED) is 0.365. The molecular formula is C18H37NO2. The SMILES string of the molecule is CCCCCCCCCCCCCNCCCCC(=O)O. The Morgan fingerprint density at radius 2 is 1.14 bits per heavy atom. The van der Waals surface area contributed by atoms with Crippen LogP contribution in [0.2, 0.25) is 0 Å². The summed E-state index contributed by atoms with van der Waals surface area (Å²) in [6.07, 6.45) is 17.3. The molecule has 2 N–H and O–H groups in total. The maximum absolute atomic E-state index is 10.3. The molecule has 0 aliphatic rings. The lowest BCUT2D eigenvalue weighted by Gasteiger charge is -2.04. The predicted octanol–water partition coefficient (Wildman–Crippen LogP) is 5.14. The molecule has 126 valence electrons. The van der Waals surface area contributed by atoms with Crippen LogP contribution in [0.4, 0.5) is 0 Å². The molecule has 0 aromatic carbocycles. The fourth-order valence-corrected chi connectivity index (χ4v) is 2.57. The molecule has 0 saturated carbocycles. The molecule has 0 amide bonds. The minimum Gasteiger partial charge on any atom is -0.481 e. The van der Waals surface area contributed by atoms with Crippen molar-refractivity contribution in [2.45, 2.75) is 96.8 Å². The smallest absolute Gasteiger partial charge is 0.303 e. The Morgan fingerprint density at radius 3 is 1.62 bits per heavy atom. The summed E-state index contributed by atoms with van der Waals surface area (Å²) < 4.78 is 0. The van der Waals surface area contributed by atoms with E-state index >= 15 is 0 Å². The van der Waals surface area contributed by atoms with Crippen molar-refractivity contribution in [3.05, 3.63) is 0 Å². The molecule has 0 aliphatic heterocycles. The Labute approximate surface area is 131 Å². The average Bonchev–Trinajstić information content (AvgIpc) is 2.46. The first-order valence-corrected chi connectivity index (χ1v) is 9.20. The summed E-state index contributed by atoms with van der Waals surface area (Å²) in [6, 6.07) is 0. The van der Waals surface area contributed by atoms with E-state index in [1.54, 1.807) is 0 Å². The van der Waals surface area contributed by atoms with Crippen LogP contribution in [0.15, 0.2) is 0 Å². The Hall–Kier alpha value is -0.570. The molecule has 0 aromatic rings. The molecule has 0 aromatic heterocycles. The number of carboxylic acids is 1. The fraction of sp³-hybridized carbons (Fsp3) is 0.944. The average molecular weight is 299 g/mol. The van der Waals surface area contributed by atoms with Gasteiger partial charge in [0.1, 0.15) is 0 Å². The zero-order chi connectivity index (χ0) is 15.6. The van der Waals surface area contributed by atoms with Crippen molar-refractivity contribution in [3.8, 4) is 0 Å². The second-order valence-corrected chi connectivity index (χ2v) is 6.14. The van der Waals surface area contributed by atoms with Gasteiger partial charge in [0, 0.05) is 6.42 Å². The van der Waals surface area contributed by atoms with Crippen molar-refractivity contribution >= 4 is 5.97 Å². The maximum Gasteiger partial charge on any atom is 0.303 e. The van der Waals surface area contributed by atoms with Gasteiger partial charge in [-0.3, -0.25) is 4.79 Å². The van der Waals surface area contributed by atoms with Crippen LogP contribution in [-0.4, -0.2) is 24.2 Å². The van der Waals surface area contributed by atoms with Gasteiger partial charge in [-0.25, -0.2) is 0 Å². The van der Waals surface area contributed by atoms with Gasteiger partial charge in [-0.15, -0.1) is 0 Å². The summed E-state index contributed by atoms with van der Waals surface area (Å²) in [4.78, 5) is 10.3. The van der Waals surface area contributed by atoms with Crippen molar-refractivity contribution in [3.63, 3.8) is 0 Å². The van der Waals surface area contributed by atoms with Crippen molar-refractivity contribution < 1.29 is 9.90 Å². The number of aliphatic carboxylic acids is 1. The second-order valence-electron chi connectivity index (χ2n) is 6.14. The first-order chi connectivity index (χ1) is 10.3. The number of rotatable bonds is 17. The van der Waals surface area contributed by atoms with Crippen LogP contribution in [0.25, 0.3) is 0 Å². The molecular weight excluding hydrogens is 262 g/mol. The predicted molar refractivity (Wildman–Crippen MR) is 90.8 cm³/mol. The maximum atomic E-state index is 10.3. The van der Waals surface area contributed by atoms with Gasteiger partial charge in [0.15, 0.2) is 0 Å². The number of carbonyl (C=O) groups is 1. The molecule has 0 rings (SSSR count). The number of unbranched alkanes of at least 4 members (excludes halogenated alkanes) is 11. The number of carboxylic acid groups (broad SMARTS) is 1. The van der Waals surface area contributed by atoms with E-state index in [9.17, 15) is 4.79 Å². The largest absolute Gasteiger partial charge is 0.481 e. The lowest BCUT2D eigenvalue weighted by atomic mass is 10.1. The molecule has 0 saturated heterocycles. The number of hydrogen-bond acceptors (Lipinski definition) is 2. The summed E-state index contributed by atoms with van der Waals surface area (Å²) in [7, 11) is 0. The minimum absolute atomic E-state index is 0.306. The normalized spacial score (nSPS) is 10.9. The van der Waals surface area contributed by atoms with E-state index in [0.717, 1.165) is 25.9 Å². The third kappa shape index (κ3) is 19.4. The summed E-state index contributed by atoms with van der Waals surface area (Å²) in [5.74, 6) is -0.680.